The second-order valence-corrected chi connectivity index (χ2v) is 10.4. The van der Waals surface area contributed by atoms with Gasteiger partial charge in [0.1, 0.15) is 17.0 Å². The van der Waals surface area contributed by atoms with Gasteiger partial charge in [-0.3, -0.25) is 10.1 Å². The zero-order chi connectivity index (χ0) is 29.1. The van der Waals surface area contributed by atoms with E-state index in [1.165, 1.54) is 24.4 Å². The summed E-state index contributed by atoms with van der Waals surface area (Å²) in [6.45, 7) is 8.99. The van der Waals surface area contributed by atoms with E-state index < -0.39 is 40.9 Å². The standard InChI is InChI=1S/C25H30N6O8/c1-24(2,3)38-22(34)30(23(35)39-25(4,5)6)14-13-29(21(32)33)20-26-11-9-19(27-20)28-12-10-16-15-17(31(36)37)7-8-18(16)28/h7-12,15H,13-14H2,1-6H3,(H,32,33). The summed E-state index contributed by atoms with van der Waals surface area (Å²) in [7, 11) is 0. The molecule has 0 spiro atoms. The van der Waals surface area contributed by atoms with Crippen LogP contribution in [0.4, 0.5) is 26.0 Å². The fourth-order valence-corrected chi connectivity index (χ4v) is 3.42. The van der Waals surface area contributed by atoms with E-state index in [2.05, 4.69) is 9.97 Å². The minimum Gasteiger partial charge on any atom is -0.465 e. The molecule has 0 fully saturated rings. The first-order valence-electron chi connectivity index (χ1n) is 11.9. The number of carboxylic acid groups (broad SMARTS) is 1. The van der Waals surface area contributed by atoms with E-state index in [9.17, 15) is 29.6 Å². The molecule has 39 heavy (non-hydrogen) atoms. The Hall–Kier alpha value is -4.75. The molecule has 3 amide bonds. The van der Waals surface area contributed by atoms with Gasteiger partial charge >= 0.3 is 18.3 Å². The third-order valence-electron chi connectivity index (χ3n) is 5.01. The van der Waals surface area contributed by atoms with Gasteiger partial charge in [-0.25, -0.2) is 29.2 Å². The molecule has 0 saturated heterocycles. The third-order valence-corrected chi connectivity index (χ3v) is 5.01. The molecule has 0 radical (unpaired) electrons. The van der Waals surface area contributed by atoms with Crippen LogP contribution in [0.1, 0.15) is 41.5 Å². The molecule has 0 aliphatic rings. The van der Waals surface area contributed by atoms with Crippen molar-refractivity contribution in [1.29, 1.82) is 0 Å². The van der Waals surface area contributed by atoms with E-state index in [1.54, 1.807) is 64.4 Å². The van der Waals surface area contributed by atoms with Crippen LogP contribution in [0, 0.1) is 10.1 Å². The average molecular weight is 543 g/mol. The lowest BCUT2D eigenvalue weighted by Crippen LogP contribution is -2.47. The zero-order valence-electron chi connectivity index (χ0n) is 22.4. The number of rotatable bonds is 6. The highest BCUT2D eigenvalue weighted by atomic mass is 16.6. The largest absolute Gasteiger partial charge is 0.465 e. The number of non-ortho nitro benzene ring substituents is 1. The molecule has 0 unspecified atom stereocenters. The summed E-state index contributed by atoms with van der Waals surface area (Å²) in [5.41, 5.74) is -1.30. The first-order valence-corrected chi connectivity index (χ1v) is 11.9. The molecular weight excluding hydrogens is 512 g/mol. The number of nitrogens with zero attached hydrogens (tertiary/aromatic N) is 6. The van der Waals surface area contributed by atoms with Gasteiger partial charge in [-0.1, -0.05) is 0 Å². The van der Waals surface area contributed by atoms with Crippen molar-refractivity contribution in [1.82, 2.24) is 19.4 Å². The molecule has 0 bridgehead atoms. The monoisotopic (exact) mass is 542 g/mol. The number of hydrogen-bond donors (Lipinski definition) is 1. The van der Waals surface area contributed by atoms with E-state index >= 15 is 0 Å². The van der Waals surface area contributed by atoms with Gasteiger partial charge in [-0.15, -0.1) is 0 Å². The summed E-state index contributed by atoms with van der Waals surface area (Å²) in [6.07, 6.45) is -0.425. The van der Waals surface area contributed by atoms with Crippen LogP contribution in [-0.2, 0) is 9.47 Å². The molecule has 2 heterocycles. The number of hydrogen-bond acceptors (Lipinski definition) is 9. The Morgan fingerprint density at radius 3 is 2.15 bits per heavy atom. The normalized spacial score (nSPS) is 11.6. The van der Waals surface area contributed by atoms with Gasteiger partial charge in [0, 0.05) is 29.9 Å². The fourth-order valence-electron chi connectivity index (χ4n) is 3.42. The molecule has 208 valence electrons. The van der Waals surface area contributed by atoms with E-state index in [1.807, 2.05) is 0 Å². The number of nitro groups is 1. The van der Waals surface area contributed by atoms with Gasteiger partial charge in [0.2, 0.25) is 5.95 Å². The Morgan fingerprint density at radius 2 is 1.62 bits per heavy atom. The van der Waals surface area contributed by atoms with Gasteiger partial charge in [0.15, 0.2) is 0 Å². The van der Waals surface area contributed by atoms with Crippen LogP contribution in [0.25, 0.3) is 16.7 Å². The molecule has 3 aromatic rings. The predicted octanol–water partition coefficient (Wildman–Crippen LogP) is 4.99. The molecule has 3 rings (SSSR count). The van der Waals surface area contributed by atoms with Crippen molar-refractivity contribution in [3.8, 4) is 5.82 Å². The minimum absolute atomic E-state index is 0.0693. The number of anilines is 1. The highest BCUT2D eigenvalue weighted by molar-refractivity contribution is 5.89. The second-order valence-electron chi connectivity index (χ2n) is 10.4. The Bertz CT molecular complexity index is 1380. The Labute approximate surface area is 223 Å². The number of nitro benzene ring substituents is 1. The van der Waals surface area contributed by atoms with E-state index in [-0.39, 0.29) is 18.2 Å². The smallest absolute Gasteiger partial charge is 0.419 e. The van der Waals surface area contributed by atoms with Crippen molar-refractivity contribution >= 4 is 40.8 Å². The summed E-state index contributed by atoms with van der Waals surface area (Å²) >= 11 is 0. The predicted molar refractivity (Wildman–Crippen MR) is 140 cm³/mol. The molecule has 14 heteroatoms. The number of imide groups is 1. The first kappa shape index (κ1) is 28.8. The lowest BCUT2D eigenvalue weighted by molar-refractivity contribution is -0.384. The van der Waals surface area contributed by atoms with Gasteiger partial charge < -0.3 is 19.1 Å². The summed E-state index contributed by atoms with van der Waals surface area (Å²) in [5.74, 6) is 0.0864. The van der Waals surface area contributed by atoms with Crippen LogP contribution >= 0.6 is 0 Å². The minimum atomic E-state index is -1.42. The molecule has 0 aliphatic carbocycles. The average Bonchev–Trinajstić information content (AvgIpc) is 3.22. The van der Waals surface area contributed by atoms with Crippen LogP contribution in [0.15, 0.2) is 42.7 Å². The number of aromatic nitrogens is 3. The quantitative estimate of drug-likeness (QED) is 0.331. The summed E-state index contributed by atoms with van der Waals surface area (Å²) in [5, 5.41) is 21.6. The maximum atomic E-state index is 12.8. The van der Waals surface area contributed by atoms with Crippen LogP contribution in [-0.4, -0.2) is 72.0 Å². The SMILES string of the molecule is CC(C)(C)OC(=O)N(CCN(C(=O)O)c1nccc(-n2ccc3cc([N+](=O)[O-])ccc32)n1)C(=O)OC(C)(C)C. The van der Waals surface area contributed by atoms with Crippen molar-refractivity contribution in [3.63, 3.8) is 0 Å². The van der Waals surface area contributed by atoms with Gasteiger partial charge in [-0.2, -0.15) is 4.98 Å². The lowest BCUT2D eigenvalue weighted by atomic mass is 10.2. The summed E-state index contributed by atoms with van der Waals surface area (Å²) in [6, 6.07) is 7.53. The highest BCUT2D eigenvalue weighted by Gasteiger charge is 2.32. The van der Waals surface area contributed by atoms with Gasteiger partial charge in [0.05, 0.1) is 23.5 Å². The van der Waals surface area contributed by atoms with Crippen molar-refractivity contribution in [2.24, 2.45) is 0 Å². The molecule has 1 N–H and O–H groups in total. The second kappa shape index (κ2) is 10.9. The summed E-state index contributed by atoms with van der Waals surface area (Å²) < 4.78 is 12.2. The van der Waals surface area contributed by atoms with Crippen molar-refractivity contribution in [2.75, 3.05) is 18.0 Å². The Kier molecular flexibility index (Phi) is 8.08. The van der Waals surface area contributed by atoms with Crippen LogP contribution in [0.5, 0.6) is 0 Å². The molecular formula is C25H30N6O8. The zero-order valence-corrected chi connectivity index (χ0v) is 22.4. The summed E-state index contributed by atoms with van der Waals surface area (Å²) in [4.78, 5) is 58.1. The van der Waals surface area contributed by atoms with Crippen molar-refractivity contribution < 1.29 is 33.9 Å². The van der Waals surface area contributed by atoms with Crippen molar-refractivity contribution in [2.45, 2.75) is 52.7 Å². The number of fused-ring (bicyclic) bond motifs is 1. The molecule has 1 aromatic carbocycles. The number of carbonyl (C=O) groups excluding carboxylic acids is 2. The van der Waals surface area contributed by atoms with Crippen LogP contribution < -0.4 is 4.90 Å². The van der Waals surface area contributed by atoms with Gasteiger partial charge in [-0.05, 0) is 59.7 Å². The molecule has 14 nitrogen and oxygen atoms in total. The third kappa shape index (κ3) is 7.40. The number of amides is 3. The van der Waals surface area contributed by atoms with Crippen molar-refractivity contribution in [3.05, 3.63) is 52.8 Å². The van der Waals surface area contributed by atoms with E-state index in [4.69, 9.17) is 9.47 Å². The Balaban J connectivity index is 1.89. The van der Waals surface area contributed by atoms with E-state index in [0.717, 1.165) is 4.90 Å². The number of ether oxygens (including phenoxy) is 2. The lowest BCUT2D eigenvalue weighted by Gasteiger charge is -2.29. The Morgan fingerprint density at radius 1 is 1.00 bits per heavy atom. The molecule has 0 aliphatic heterocycles. The first-order chi connectivity index (χ1) is 18.1. The number of carbonyl (C=O) groups is 3. The maximum absolute atomic E-state index is 12.8. The molecule has 0 saturated carbocycles. The van der Waals surface area contributed by atoms with Crippen LogP contribution in [0.2, 0.25) is 0 Å². The topological polar surface area (TPSA) is 170 Å². The van der Waals surface area contributed by atoms with Crippen LogP contribution in [0.3, 0.4) is 0 Å². The molecule has 2 aromatic heterocycles. The number of benzene rings is 1. The highest BCUT2D eigenvalue weighted by Crippen LogP contribution is 2.25. The van der Waals surface area contributed by atoms with Gasteiger partial charge in [0.25, 0.3) is 5.69 Å². The fraction of sp³-hybridized carbons (Fsp3) is 0.400. The molecule has 0 atom stereocenters. The van der Waals surface area contributed by atoms with E-state index in [0.29, 0.717) is 21.6 Å². The maximum Gasteiger partial charge on any atom is 0.419 e.